The molecule has 1 aromatic carbocycles. The zero-order chi connectivity index (χ0) is 11.2. The van der Waals surface area contributed by atoms with Crippen molar-refractivity contribution in [2.75, 3.05) is 19.7 Å². The Balaban J connectivity index is 1.69. The molecule has 2 aliphatic heterocycles. The minimum atomic E-state index is 0.502. The van der Waals surface area contributed by atoms with Crippen molar-refractivity contribution < 1.29 is 4.74 Å². The van der Waals surface area contributed by atoms with E-state index >= 15 is 0 Å². The minimum Gasteiger partial charge on any atom is -0.372 e. The van der Waals surface area contributed by atoms with Crippen LogP contribution in [0.1, 0.15) is 11.3 Å². The summed E-state index contributed by atoms with van der Waals surface area (Å²) >= 11 is 0. The summed E-state index contributed by atoms with van der Waals surface area (Å²) in [5, 5.41) is 1.39. The van der Waals surface area contributed by atoms with E-state index in [4.69, 9.17) is 4.74 Å². The number of nitrogens with zero attached hydrogens (tertiary/aromatic N) is 1. The normalized spacial score (nSPS) is 23.9. The van der Waals surface area contributed by atoms with Crippen LogP contribution in [0.4, 0.5) is 0 Å². The SMILES string of the molecule is c1ccc2c3c([nH]c2c1)CCN(CC1CO1)C3. The van der Waals surface area contributed by atoms with Crippen molar-refractivity contribution in [1.82, 2.24) is 9.88 Å². The van der Waals surface area contributed by atoms with Gasteiger partial charge in [-0.05, 0) is 11.6 Å². The van der Waals surface area contributed by atoms with Gasteiger partial charge in [-0.3, -0.25) is 4.90 Å². The Bertz CT molecular complexity index is 556. The van der Waals surface area contributed by atoms with Crippen LogP contribution < -0.4 is 0 Å². The highest BCUT2D eigenvalue weighted by molar-refractivity contribution is 5.84. The highest BCUT2D eigenvalue weighted by Gasteiger charge is 2.28. The summed E-state index contributed by atoms with van der Waals surface area (Å²) in [6.45, 7) is 4.27. The molecule has 0 aliphatic carbocycles. The summed E-state index contributed by atoms with van der Waals surface area (Å²) in [4.78, 5) is 6.06. The maximum atomic E-state index is 5.32. The predicted molar refractivity (Wildman–Crippen MR) is 67.0 cm³/mol. The van der Waals surface area contributed by atoms with Gasteiger partial charge in [0.2, 0.25) is 0 Å². The van der Waals surface area contributed by atoms with Gasteiger partial charge in [-0.1, -0.05) is 18.2 Å². The fourth-order valence-electron chi connectivity index (χ4n) is 2.84. The molecule has 0 spiro atoms. The number of para-hydroxylation sites is 1. The summed E-state index contributed by atoms with van der Waals surface area (Å²) in [6.07, 6.45) is 1.64. The number of nitrogens with one attached hydrogen (secondary N) is 1. The molecule has 0 amide bonds. The van der Waals surface area contributed by atoms with Gasteiger partial charge in [0.05, 0.1) is 12.7 Å². The highest BCUT2D eigenvalue weighted by Crippen LogP contribution is 2.28. The topological polar surface area (TPSA) is 31.6 Å². The molecule has 1 fully saturated rings. The lowest BCUT2D eigenvalue weighted by Crippen LogP contribution is -2.33. The van der Waals surface area contributed by atoms with Crippen LogP contribution in [0.5, 0.6) is 0 Å². The number of hydrogen-bond acceptors (Lipinski definition) is 2. The number of benzene rings is 1. The zero-order valence-electron chi connectivity index (χ0n) is 9.78. The molecule has 0 radical (unpaired) electrons. The fourth-order valence-corrected chi connectivity index (χ4v) is 2.84. The standard InChI is InChI=1S/C14H16N2O/c1-2-4-13-11(3-1)12-8-16(7-10-9-17-10)6-5-14(12)15-13/h1-4,10,15H,5-9H2. The quantitative estimate of drug-likeness (QED) is 0.796. The smallest absolute Gasteiger partial charge is 0.0936 e. The van der Waals surface area contributed by atoms with Gasteiger partial charge in [-0.15, -0.1) is 0 Å². The van der Waals surface area contributed by atoms with E-state index in [1.165, 1.54) is 22.2 Å². The van der Waals surface area contributed by atoms with Crippen LogP contribution in [0.3, 0.4) is 0 Å². The Morgan fingerprint density at radius 3 is 3.12 bits per heavy atom. The Morgan fingerprint density at radius 1 is 1.35 bits per heavy atom. The number of aromatic amines is 1. The van der Waals surface area contributed by atoms with E-state index in [-0.39, 0.29) is 0 Å². The molecule has 0 bridgehead atoms. The van der Waals surface area contributed by atoms with E-state index in [2.05, 4.69) is 34.1 Å². The molecule has 3 heteroatoms. The highest BCUT2D eigenvalue weighted by atomic mass is 16.6. The maximum absolute atomic E-state index is 5.32. The number of H-pyrrole nitrogens is 1. The average molecular weight is 228 g/mol. The number of rotatable bonds is 2. The second-order valence-electron chi connectivity index (χ2n) is 5.07. The number of epoxide rings is 1. The second-order valence-corrected chi connectivity index (χ2v) is 5.07. The molecule has 4 rings (SSSR count). The predicted octanol–water partition coefficient (Wildman–Crippen LogP) is 1.92. The Labute approximate surface area is 100 Å². The van der Waals surface area contributed by atoms with Gasteiger partial charge in [0.1, 0.15) is 0 Å². The summed E-state index contributed by atoms with van der Waals surface area (Å²) in [7, 11) is 0. The van der Waals surface area contributed by atoms with E-state index in [0.29, 0.717) is 6.10 Å². The Morgan fingerprint density at radius 2 is 2.24 bits per heavy atom. The fraction of sp³-hybridized carbons (Fsp3) is 0.429. The Hall–Kier alpha value is -1.32. The molecule has 2 aromatic rings. The van der Waals surface area contributed by atoms with Crippen LogP contribution in [0, 0.1) is 0 Å². The molecule has 3 nitrogen and oxygen atoms in total. The van der Waals surface area contributed by atoms with Gasteiger partial charge in [-0.25, -0.2) is 0 Å². The van der Waals surface area contributed by atoms with E-state index in [1.807, 2.05) is 0 Å². The van der Waals surface area contributed by atoms with Crippen LogP contribution in [0.25, 0.3) is 10.9 Å². The third-order valence-electron chi connectivity index (χ3n) is 3.83. The van der Waals surface area contributed by atoms with E-state index < -0.39 is 0 Å². The van der Waals surface area contributed by atoms with Crippen molar-refractivity contribution in [3.05, 3.63) is 35.5 Å². The average Bonchev–Trinajstić information content (AvgIpc) is 3.08. The summed E-state index contributed by atoms with van der Waals surface area (Å²) < 4.78 is 5.32. The second kappa shape index (κ2) is 3.59. The van der Waals surface area contributed by atoms with Gasteiger partial charge in [0.15, 0.2) is 0 Å². The molecule has 17 heavy (non-hydrogen) atoms. The molecule has 1 saturated heterocycles. The van der Waals surface area contributed by atoms with Crippen LogP contribution in [-0.4, -0.2) is 35.7 Å². The van der Waals surface area contributed by atoms with Gasteiger partial charge in [-0.2, -0.15) is 0 Å². The summed E-state index contributed by atoms with van der Waals surface area (Å²) in [5.41, 5.74) is 4.20. The lowest BCUT2D eigenvalue weighted by atomic mass is 10.0. The number of fused-ring (bicyclic) bond motifs is 3. The van der Waals surface area contributed by atoms with Crippen molar-refractivity contribution in [3.8, 4) is 0 Å². The molecule has 1 N–H and O–H groups in total. The van der Waals surface area contributed by atoms with Gasteiger partial charge in [0, 0.05) is 42.7 Å². The third-order valence-corrected chi connectivity index (χ3v) is 3.83. The van der Waals surface area contributed by atoms with Gasteiger partial charge < -0.3 is 9.72 Å². The molecule has 1 aromatic heterocycles. The first kappa shape index (κ1) is 9.68. The molecular weight excluding hydrogens is 212 g/mol. The molecule has 0 saturated carbocycles. The Kier molecular flexibility index (Phi) is 2.04. The van der Waals surface area contributed by atoms with Gasteiger partial charge in [0.25, 0.3) is 0 Å². The number of hydrogen-bond donors (Lipinski definition) is 1. The lowest BCUT2D eigenvalue weighted by molar-refractivity contribution is 0.226. The molecule has 3 heterocycles. The van der Waals surface area contributed by atoms with E-state index in [0.717, 1.165) is 32.7 Å². The minimum absolute atomic E-state index is 0.502. The monoisotopic (exact) mass is 228 g/mol. The lowest BCUT2D eigenvalue weighted by Gasteiger charge is -2.26. The zero-order valence-corrected chi connectivity index (χ0v) is 9.78. The van der Waals surface area contributed by atoms with Crippen molar-refractivity contribution in [2.24, 2.45) is 0 Å². The largest absolute Gasteiger partial charge is 0.372 e. The van der Waals surface area contributed by atoms with Crippen LogP contribution >= 0.6 is 0 Å². The van der Waals surface area contributed by atoms with Gasteiger partial charge >= 0.3 is 0 Å². The van der Waals surface area contributed by atoms with Crippen molar-refractivity contribution in [3.63, 3.8) is 0 Å². The van der Waals surface area contributed by atoms with E-state index in [9.17, 15) is 0 Å². The number of aromatic nitrogens is 1. The first-order chi connectivity index (χ1) is 8.40. The van der Waals surface area contributed by atoms with Crippen LogP contribution in [0.2, 0.25) is 0 Å². The first-order valence-electron chi connectivity index (χ1n) is 6.32. The number of ether oxygens (including phenoxy) is 1. The molecule has 1 atom stereocenters. The van der Waals surface area contributed by atoms with E-state index in [1.54, 1.807) is 0 Å². The molecular formula is C14H16N2O. The molecule has 1 unspecified atom stereocenters. The third kappa shape index (κ3) is 1.66. The van der Waals surface area contributed by atoms with Crippen LogP contribution in [-0.2, 0) is 17.7 Å². The van der Waals surface area contributed by atoms with Crippen LogP contribution in [0.15, 0.2) is 24.3 Å². The van der Waals surface area contributed by atoms with Crippen molar-refractivity contribution in [2.45, 2.75) is 19.1 Å². The maximum Gasteiger partial charge on any atom is 0.0936 e. The molecule has 2 aliphatic rings. The van der Waals surface area contributed by atoms with Crippen molar-refractivity contribution >= 4 is 10.9 Å². The first-order valence-corrected chi connectivity index (χ1v) is 6.32. The van der Waals surface area contributed by atoms with Crippen molar-refractivity contribution in [1.29, 1.82) is 0 Å². The summed E-state index contributed by atoms with van der Waals surface area (Å²) in [6, 6.07) is 8.61. The molecule has 88 valence electrons. The summed E-state index contributed by atoms with van der Waals surface area (Å²) in [5.74, 6) is 0.